The normalized spacial score (nSPS) is 20.2. The first kappa shape index (κ1) is 17.4. The molecule has 1 aromatic carbocycles. The van der Waals surface area contributed by atoms with E-state index in [1.807, 2.05) is 19.1 Å². The number of nitrogens with one attached hydrogen (secondary N) is 1. The van der Waals surface area contributed by atoms with Gasteiger partial charge in [0.2, 0.25) is 10.0 Å². The van der Waals surface area contributed by atoms with Crippen molar-refractivity contribution in [2.45, 2.75) is 24.7 Å². The maximum atomic E-state index is 12.3. The Morgan fingerprint density at radius 1 is 1.32 bits per heavy atom. The lowest BCUT2D eigenvalue weighted by molar-refractivity contribution is 0.115. The second-order valence-corrected chi connectivity index (χ2v) is 7.73. The number of piperidine rings is 1. The number of methoxy groups -OCH3 is 1. The van der Waals surface area contributed by atoms with E-state index in [9.17, 15) is 8.42 Å². The van der Waals surface area contributed by atoms with E-state index in [-0.39, 0.29) is 0 Å². The van der Waals surface area contributed by atoms with Gasteiger partial charge < -0.3 is 9.64 Å². The molecule has 0 aromatic heterocycles. The zero-order valence-electron chi connectivity index (χ0n) is 13.4. The van der Waals surface area contributed by atoms with Gasteiger partial charge >= 0.3 is 0 Å². The van der Waals surface area contributed by atoms with E-state index in [0.717, 1.165) is 44.6 Å². The number of nitrogens with zero attached hydrogens (tertiary/aromatic N) is 1. The average Bonchev–Trinajstić information content (AvgIpc) is 2.52. The van der Waals surface area contributed by atoms with E-state index < -0.39 is 10.0 Å². The van der Waals surface area contributed by atoms with E-state index in [2.05, 4.69) is 9.62 Å². The van der Waals surface area contributed by atoms with Crippen molar-refractivity contribution in [1.82, 2.24) is 9.62 Å². The molecule has 5 nitrogen and oxygen atoms in total. The van der Waals surface area contributed by atoms with Crippen molar-refractivity contribution in [3.63, 3.8) is 0 Å². The summed E-state index contributed by atoms with van der Waals surface area (Å²) in [5, 5.41) is 0. The summed E-state index contributed by atoms with van der Waals surface area (Å²) in [5.41, 5.74) is 1.06. The van der Waals surface area contributed by atoms with E-state index in [1.165, 1.54) is 0 Å². The van der Waals surface area contributed by atoms with Gasteiger partial charge in [-0.25, -0.2) is 13.1 Å². The summed E-state index contributed by atoms with van der Waals surface area (Å²) in [6.45, 7) is 6.09. The highest BCUT2D eigenvalue weighted by Gasteiger charge is 2.22. The number of rotatable bonds is 7. The predicted molar refractivity (Wildman–Crippen MR) is 87.4 cm³/mol. The number of hydrogen-bond acceptors (Lipinski definition) is 4. The van der Waals surface area contributed by atoms with Gasteiger partial charge in [-0.1, -0.05) is 17.7 Å². The molecule has 1 atom stereocenters. The Bertz CT molecular complexity index is 557. The van der Waals surface area contributed by atoms with Crippen LogP contribution in [-0.2, 0) is 14.8 Å². The molecule has 1 saturated heterocycles. The number of likely N-dealkylation sites (tertiary alicyclic amines) is 1. The average molecular weight is 326 g/mol. The van der Waals surface area contributed by atoms with E-state index in [4.69, 9.17) is 4.74 Å². The molecule has 0 radical (unpaired) electrons. The fraction of sp³-hybridized carbons (Fsp3) is 0.625. The Labute approximate surface area is 133 Å². The zero-order chi connectivity index (χ0) is 16.0. The summed E-state index contributed by atoms with van der Waals surface area (Å²) >= 11 is 0. The molecule has 6 heteroatoms. The van der Waals surface area contributed by atoms with Crippen molar-refractivity contribution >= 4 is 10.0 Å². The van der Waals surface area contributed by atoms with Gasteiger partial charge in [-0.15, -0.1) is 0 Å². The lowest BCUT2D eigenvalue weighted by atomic mass is 9.98. The first-order chi connectivity index (χ1) is 10.5. The molecule has 0 spiro atoms. The van der Waals surface area contributed by atoms with Crippen molar-refractivity contribution in [1.29, 1.82) is 0 Å². The van der Waals surface area contributed by atoms with Gasteiger partial charge in [-0.3, -0.25) is 0 Å². The van der Waals surface area contributed by atoms with Crippen LogP contribution in [0.5, 0.6) is 0 Å². The topological polar surface area (TPSA) is 58.6 Å². The Hall–Kier alpha value is -0.950. The summed E-state index contributed by atoms with van der Waals surface area (Å²) in [4.78, 5) is 2.68. The van der Waals surface area contributed by atoms with Crippen LogP contribution in [0, 0.1) is 12.8 Å². The van der Waals surface area contributed by atoms with Gasteiger partial charge in [0.05, 0.1) is 11.5 Å². The van der Waals surface area contributed by atoms with Crippen LogP contribution in [0.2, 0.25) is 0 Å². The maximum Gasteiger partial charge on any atom is 0.240 e. The molecule has 1 aliphatic rings. The van der Waals surface area contributed by atoms with Crippen LogP contribution in [0.4, 0.5) is 0 Å². The van der Waals surface area contributed by atoms with Crippen molar-refractivity contribution in [3.8, 4) is 0 Å². The summed E-state index contributed by atoms with van der Waals surface area (Å²) in [6.07, 6.45) is 2.18. The summed E-state index contributed by atoms with van der Waals surface area (Å²) in [5.74, 6) is 0.367. The molecule has 124 valence electrons. The van der Waals surface area contributed by atoms with Crippen molar-refractivity contribution < 1.29 is 13.2 Å². The van der Waals surface area contributed by atoms with Crippen LogP contribution in [0.3, 0.4) is 0 Å². The van der Waals surface area contributed by atoms with Gasteiger partial charge in [-0.05, 0) is 44.4 Å². The third kappa shape index (κ3) is 5.05. The molecule has 1 N–H and O–H groups in total. The van der Waals surface area contributed by atoms with Crippen LogP contribution in [0.15, 0.2) is 29.2 Å². The van der Waals surface area contributed by atoms with Crippen LogP contribution >= 0.6 is 0 Å². The van der Waals surface area contributed by atoms with Gasteiger partial charge in [0, 0.05) is 26.7 Å². The standard InChI is InChI=1S/C16H26N2O3S/c1-14-5-7-16(8-6-14)22(19,20)17-12-15-4-3-9-18(13-15)10-11-21-2/h5-8,15,17H,3-4,9-13H2,1-2H3/t15-/m1/s1. The Morgan fingerprint density at radius 3 is 2.73 bits per heavy atom. The smallest absolute Gasteiger partial charge is 0.240 e. The molecule has 2 rings (SSSR count). The molecule has 0 unspecified atom stereocenters. The zero-order valence-corrected chi connectivity index (χ0v) is 14.2. The van der Waals surface area contributed by atoms with Gasteiger partial charge in [-0.2, -0.15) is 0 Å². The van der Waals surface area contributed by atoms with E-state index in [0.29, 0.717) is 17.4 Å². The van der Waals surface area contributed by atoms with Gasteiger partial charge in [0.1, 0.15) is 0 Å². The molecule has 1 heterocycles. The first-order valence-corrected chi connectivity index (χ1v) is 9.27. The molecule has 1 fully saturated rings. The molecule has 22 heavy (non-hydrogen) atoms. The predicted octanol–water partition coefficient (Wildman–Crippen LogP) is 1.63. The molecular formula is C16H26N2O3S. The van der Waals surface area contributed by atoms with Crippen LogP contribution in [-0.4, -0.2) is 53.2 Å². The largest absolute Gasteiger partial charge is 0.383 e. The molecule has 1 aromatic rings. The fourth-order valence-electron chi connectivity index (χ4n) is 2.77. The second-order valence-electron chi connectivity index (χ2n) is 5.97. The molecule has 1 aliphatic heterocycles. The molecular weight excluding hydrogens is 300 g/mol. The monoisotopic (exact) mass is 326 g/mol. The molecule has 0 aliphatic carbocycles. The highest BCUT2D eigenvalue weighted by atomic mass is 32.2. The Morgan fingerprint density at radius 2 is 2.05 bits per heavy atom. The summed E-state index contributed by atoms with van der Waals surface area (Å²) in [7, 11) is -1.70. The lowest BCUT2D eigenvalue weighted by Gasteiger charge is -2.32. The third-order valence-electron chi connectivity index (χ3n) is 4.11. The fourth-order valence-corrected chi connectivity index (χ4v) is 3.89. The third-order valence-corrected chi connectivity index (χ3v) is 5.55. The van der Waals surface area contributed by atoms with Crippen LogP contribution in [0.1, 0.15) is 18.4 Å². The minimum Gasteiger partial charge on any atom is -0.383 e. The number of ether oxygens (including phenoxy) is 1. The minimum atomic E-state index is -3.40. The quantitative estimate of drug-likeness (QED) is 0.827. The van der Waals surface area contributed by atoms with Crippen molar-refractivity contribution in [3.05, 3.63) is 29.8 Å². The molecule has 0 bridgehead atoms. The number of benzene rings is 1. The maximum absolute atomic E-state index is 12.3. The summed E-state index contributed by atoms with van der Waals surface area (Å²) in [6, 6.07) is 6.95. The van der Waals surface area contributed by atoms with Crippen molar-refractivity contribution in [2.24, 2.45) is 5.92 Å². The Balaban J connectivity index is 1.87. The van der Waals surface area contributed by atoms with Gasteiger partial charge in [0.15, 0.2) is 0 Å². The SMILES string of the molecule is COCCN1CCC[C@H](CNS(=O)(=O)c2ccc(C)cc2)C1. The first-order valence-electron chi connectivity index (χ1n) is 7.79. The van der Waals surface area contributed by atoms with E-state index in [1.54, 1.807) is 19.2 Å². The van der Waals surface area contributed by atoms with Crippen LogP contribution < -0.4 is 4.72 Å². The Kier molecular flexibility index (Phi) is 6.37. The molecule has 0 amide bonds. The van der Waals surface area contributed by atoms with Gasteiger partial charge in [0.25, 0.3) is 0 Å². The number of sulfonamides is 1. The summed E-state index contributed by atoms with van der Waals surface area (Å²) < 4.78 is 32.5. The van der Waals surface area contributed by atoms with E-state index >= 15 is 0 Å². The highest BCUT2D eigenvalue weighted by molar-refractivity contribution is 7.89. The molecule has 0 saturated carbocycles. The lowest BCUT2D eigenvalue weighted by Crippen LogP contribution is -2.42. The minimum absolute atomic E-state index is 0.338. The number of hydrogen-bond donors (Lipinski definition) is 1. The van der Waals surface area contributed by atoms with Crippen molar-refractivity contribution in [2.75, 3.05) is 39.9 Å². The van der Waals surface area contributed by atoms with Crippen LogP contribution in [0.25, 0.3) is 0 Å². The highest BCUT2D eigenvalue weighted by Crippen LogP contribution is 2.17. The second kappa shape index (κ2) is 8.06. The number of aryl methyl sites for hydroxylation is 1.